The van der Waals surface area contributed by atoms with Gasteiger partial charge in [0.15, 0.2) is 0 Å². The smallest absolute Gasteiger partial charge is 0.0466 e. The Balaban J connectivity index is 1.89. The average molecular weight is 269 g/mol. The van der Waals surface area contributed by atoms with Crippen LogP contribution in [0.15, 0.2) is 0 Å². The normalized spacial score (nSPS) is 18.0. The van der Waals surface area contributed by atoms with Crippen LogP contribution in [0.5, 0.6) is 0 Å². The number of unbranched alkanes of at least 4 members (excludes halogenated alkanes) is 3. The van der Waals surface area contributed by atoms with Crippen LogP contribution in [0, 0.1) is 6.92 Å². The molecular formula is C16H33N2O. The summed E-state index contributed by atoms with van der Waals surface area (Å²) in [7, 11) is 0. The minimum atomic E-state index is 0.946. The molecule has 0 aromatic rings. The minimum Gasteiger partial charge on any atom is -0.381 e. The van der Waals surface area contributed by atoms with E-state index in [2.05, 4.69) is 23.6 Å². The van der Waals surface area contributed by atoms with Crippen molar-refractivity contribution in [2.75, 3.05) is 52.5 Å². The zero-order valence-electron chi connectivity index (χ0n) is 12.9. The molecule has 1 radical (unpaired) electrons. The Hall–Kier alpha value is -0.120. The van der Waals surface area contributed by atoms with Crippen molar-refractivity contribution >= 4 is 0 Å². The van der Waals surface area contributed by atoms with E-state index < -0.39 is 0 Å². The Labute approximate surface area is 120 Å². The molecule has 0 atom stereocenters. The molecule has 1 heterocycles. The van der Waals surface area contributed by atoms with Crippen molar-refractivity contribution < 1.29 is 4.74 Å². The molecule has 3 heteroatoms. The third kappa shape index (κ3) is 8.61. The summed E-state index contributed by atoms with van der Waals surface area (Å²) < 4.78 is 5.59. The van der Waals surface area contributed by atoms with Gasteiger partial charge in [0.1, 0.15) is 0 Å². The molecular weight excluding hydrogens is 236 g/mol. The van der Waals surface area contributed by atoms with Crippen molar-refractivity contribution in [1.82, 2.24) is 9.80 Å². The molecule has 0 saturated carbocycles. The fraction of sp³-hybridized carbons (Fsp3) is 0.938. The van der Waals surface area contributed by atoms with Crippen molar-refractivity contribution in [3.8, 4) is 0 Å². The van der Waals surface area contributed by atoms with Crippen LogP contribution < -0.4 is 0 Å². The Kier molecular flexibility index (Phi) is 10.4. The van der Waals surface area contributed by atoms with E-state index in [-0.39, 0.29) is 0 Å². The first-order valence-corrected chi connectivity index (χ1v) is 8.18. The molecule has 1 aliphatic heterocycles. The maximum absolute atomic E-state index is 5.59. The number of nitrogens with zero attached hydrogens (tertiary/aromatic N) is 2. The summed E-state index contributed by atoms with van der Waals surface area (Å²) in [6.07, 6.45) is 7.25. The molecule has 0 bridgehead atoms. The van der Waals surface area contributed by atoms with Gasteiger partial charge in [0, 0.05) is 39.4 Å². The molecule has 3 nitrogen and oxygen atoms in total. The maximum atomic E-state index is 5.59. The molecule has 0 aliphatic carbocycles. The topological polar surface area (TPSA) is 15.7 Å². The van der Waals surface area contributed by atoms with Crippen LogP contribution in [0.3, 0.4) is 0 Å². The van der Waals surface area contributed by atoms with Gasteiger partial charge in [0.05, 0.1) is 0 Å². The number of ether oxygens (including phenoxy) is 1. The predicted molar refractivity (Wildman–Crippen MR) is 82.4 cm³/mol. The number of rotatable bonds is 11. The van der Waals surface area contributed by atoms with Gasteiger partial charge >= 0.3 is 0 Å². The van der Waals surface area contributed by atoms with Crippen LogP contribution in [0.1, 0.15) is 45.4 Å². The van der Waals surface area contributed by atoms with Gasteiger partial charge in [-0.05, 0) is 38.8 Å². The fourth-order valence-electron chi connectivity index (χ4n) is 2.46. The second kappa shape index (κ2) is 11.7. The first-order valence-electron chi connectivity index (χ1n) is 8.18. The quantitative estimate of drug-likeness (QED) is 0.536. The highest BCUT2D eigenvalue weighted by Crippen LogP contribution is 2.05. The van der Waals surface area contributed by atoms with E-state index in [1.807, 2.05) is 0 Å². The number of piperazine rings is 1. The van der Waals surface area contributed by atoms with Gasteiger partial charge in [-0.3, -0.25) is 0 Å². The largest absolute Gasteiger partial charge is 0.381 e. The van der Waals surface area contributed by atoms with Crippen molar-refractivity contribution in [1.29, 1.82) is 0 Å². The highest BCUT2D eigenvalue weighted by atomic mass is 16.5. The van der Waals surface area contributed by atoms with Gasteiger partial charge in [0.2, 0.25) is 0 Å². The van der Waals surface area contributed by atoms with Crippen molar-refractivity contribution in [2.24, 2.45) is 0 Å². The molecule has 1 fully saturated rings. The summed E-state index contributed by atoms with van der Waals surface area (Å²) in [5, 5.41) is 0. The van der Waals surface area contributed by atoms with E-state index in [9.17, 15) is 0 Å². The lowest BCUT2D eigenvalue weighted by atomic mass is 10.2. The molecule has 0 unspecified atom stereocenters. The van der Waals surface area contributed by atoms with E-state index in [1.165, 1.54) is 71.4 Å². The summed E-state index contributed by atoms with van der Waals surface area (Å²) in [5.74, 6) is 0. The lowest BCUT2D eigenvalue weighted by molar-refractivity contribution is 0.111. The molecule has 0 N–H and O–H groups in total. The van der Waals surface area contributed by atoms with Gasteiger partial charge in [-0.25, -0.2) is 0 Å². The van der Waals surface area contributed by atoms with Crippen LogP contribution in [0.4, 0.5) is 0 Å². The standard InChI is InChI=1S/C16H33N2O/c1-3-5-9-17-11-13-18(14-12-17)10-7-8-16-19-15-6-4-2/h1,3-16H2,2H3. The number of hydrogen-bond donors (Lipinski definition) is 0. The molecule has 0 amide bonds. The van der Waals surface area contributed by atoms with Gasteiger partial charge in [0.25, 0.3) is 0 Å². The summed E-state index contributed by atoms with van der Waals surface area (Å²) in [6, 6.07) is 0. The van der Waals surface area contributed by atoms with Crippen molar-refractivity contribution in [2.45, 2.75) is 45.4 Å². The second-order valence-electron chi connectivity index (χ2n) is 5.56. The monoisotopic (exact) mass is 269 g/mol. The zero-order chi connectivity index (χ0) is 13.8. The van der Waals surface area contributed by atoms with Gasteiger partial charge < -0.3 is 14.5 Å². The molecule has 1 aliphatic rings. The molecule has 0 aromatic heterocycles. The van der Waals surface area contributed by atoms with E-state index in [0.29, 0.717) is 0 Å². The first-order chi connectivity index (χ1) is 9.36. The van der Waals surface area contributed by atoms with Crippen LogP contribution in [-0.4, -0.2) is 62.3 Å². The third-order valence-electron chi connectivity index (χ3n) is 3.84. The SMILES string of the molecule is [CH2]CCCN1CCN(CCCCOCCCC)CC1. The first kappa shape index (κ1) is 16.9. The third-order valence-corrected chi connectivity index (χ3v) is 3.84. The summed E-state index contributed by atoms with van der Waals surface area (Å²) in [6.45, 7) is 15.5. The lowest BCUT2D eigenvalue weighted by Gasteiger charge is -2.34. The Morgan fingerprint density at radius 3 is 2.00 bits per heavy atom. The highest BCUT2D eigenvalue weighted by molar-refractivity contribution is 4.71. The highest BCUT2D eigenvalue weighted by Gasteiger charge is 2.15. The van der Waals surface area contributed by atoms with Gasteiger partial charge in [-0.2, -0.15) is 0 Å². The minimum absolute atomic E-state index is 0.946. The Morgan fingerprint density at radius 2 is 1.42 bits per heavy atom. The maximum Gasteiger partial charge on any atom is 0.0466 e. The molecule has 19 heavy (non-hydrogen) atoms. The zero-order valence-corrected chi connectivity index (χ0v) is 12.9. The Bertz CT molecular complexity index is 191. The molecule has 113 valence electrons. The van der Waals surface area contributed by atoms with Gasteiger partial charge in [-0.1, -0.05) is 26.7 Å². The Morgan fingerprint density at radius 1 is 0.842 bits per heavy atom. The summed E-state index contributed by atoms with van der Waals surface area (Å²) >= 11 is 0. The summed E-state index contributed by atoms with van der Waals surface area (Å²) in [5.41, 5.74) is 0. The van der Waals surface area contributed by atoms with E-state index in [4.69, 9.17) is 4.74 Å². The van der Waals surface area contributed by atoms with E-state index >= 15 is 0 Å². The van der Waals surface area contributed by atoms with Crippen molar-refractivity contribution in [3.05, 3.63) is 6.92 Å². The molecule has 0 aromatic carbocycles. The second-order valence-corrected chi connectivity index (χ2v) is 5.56. The van der Waals surface area contributed by atoms with Crippen LogP contribution in [0.2, 0.25) is 0 Å². The van der Waals surface area contributed by atoms with Crippen LogP contribution >= 0.6 is 0 Å². The molecule has 1 rings (SSSR count). The molecule has 1 saturated heterocycles. The summed E-state index contributed by atoms with van der Waals surface area (Å²) in [4.78, 5) is 5.18. The molecule has 0 spiro atoms. The van der Waals surface area contributed by atoms with Gasteiger partial charge in [-0.15, -0.1) is 0 Å². The number of hydrogen-bond acceptors (Lipinski definition) is 3. The van der Waals surface area contributed by atoms with Crippen LogP contribution in [0.25, 0.3) is 0 Å². The fourth-order valence-corrected chi connectivity index (χ4v) is 2.46. The van der Waals surface area contributed by atoms with E-state index in [1.54, 1.807) is 0 Å². The van der Waals surface area contributed by atoms with Crippen LogP contribution in [-0.2, 0) is 4.74 Å². The van der Waals surface area contributed by atoms with Crippen molar-refractivity contribution in [3.63, 3.8) is 0 Å². The predicted octanol–water partition coefficient (Wildman–Crippen LogP) is 2.82. The average Bonchev–Trinajstić information content (AvgIpc) is 2.45. The van der Waals surface area contributed by atoms with E-state index in [0.717, 1.165) is 19.6 Å². The lowest BCUT2D eigenvalue weighted by Crippen LogP contribution is -2.46.